The number of hydrogen-bond acceptors (Lipinski definition) is 7. The predicted octanol–water partition coefficient (Wildman–Crippen LogP) is 1.83. The van der Waals surface area contributed by atoms with Gasteiger partial charge in [0.15, 0.2) is 0 Å². The molecule has 0 radical (unpaired) electrons. The number of morpholine rings is 2. The number of carbonyl (C=O) groups excluding carboxylic acids is 2. The summed E-state index contributed by atoms with van der Waals surface area (Å²) >= 11 is 0. The van der Waals surface area contributed by atoms with Crippen molar-refractivity contribution in [2.75, 3.05) is 59.2 Å². The van der Waals surface area contributed by atoms with Crippen LogP contribution in [-0.2, 0) is 19.0 Å². The number of amides is 2. The van der Waals surface area contributed by atoms with Crippen LogP contribution in [0.2, 0.25) is 0 Å². The van der Waals surface area contributed by atoms with Gasteiger partial charge in [0.25, 0.3) is 0 Å². The molecule has 4 rings (SSSR count). The molecule has 0 spiro atoms. The lowest BCUT2D eigenvalue weighted by atomic mass is 9.72. The fourth-order valence-electron chi connectivity index (χ4n) is 5.83. The molecule has 8 nitrogen and oxygen atoms in total. The maximum absolute atomic E-state index is 14.2. The van der Waals surface area contributed by atoms with Gasteiger partial charge in [-0.1, -0.05) is 27.7 Å². The highest BCUT2D eigenvalue weighted by molar-refractivity contribution is 5.95. The molecular weight excluding hydrogens is 398 g/mol. The van der Waals surface area contributed by atoms with Crippen LogP contribution in [0.5, 0.6) is 0 Å². The minimum absolute atomic E-state index is 0.0534. The van der Waals surface area contributed by atoms with Gasteiger partial charge in [-0.2, -0.15) is 0 Å². The van der Waals surface area contributed by atoms with E-state index in [0.29, 0.717) is 32.3 Å². The van der Waals surface area contributed by atoms with Crippen LogP contribution in [0.25, 0.3) is 0 Å². The van der Waals surface area contributed by atoms with E-state index in [9.17, 15) is 9.59 Å². The molecule has 2 unspecified atom stereocenters. The molecule has 4 fully saturated rings. The maximum atomic E-state index is 14.2. The number of nitrogens with zero attached hydrogens (tertiary/aromatic N) is 3. The first kappa shape index (κ1) is 23.0. The van der Waals surface area contributed by atoms with Gasteiger partial charge in [-0.3, -0.25) is 14.6 Å². The Kier molecular flexibility index (Phi) is 6.91. The van der Waals surface area contributed by atoms with E-state index in [4.69, 9.17) is 14.2 Å². The Morgan fingerprint density at radius 3 is 1.84 bits per heavy atom. The molecule has 0 bridgehead atoms. The fourth-order valence-corrected chi connectivity index (χ4v) is 5.83. The van der Waals surface area contributed by atoms with E-state index in [1.54, 1.807) is 0 Å². The van der Waals surface area contributed by atoms with Crippen molar-refractivity contribution in [3.63, 3.8) is 0 Å². The highest BCUT2D eigenvalue weighted by atomic mass is 16.6. The Labute approximate surface area is 186 Å². The molecule has 0 aromatic carbocycles. The van der Waals surface area contributed by atoms with Crippen molar-refractivity contribution in [3.05, 3.63) is 0 Å². The minimum Gasteiger partial charge on any atom is -0.447 e. The number of hydrogen-bond donors (Lipinski definition) is 0. The van der Waals surface area contributed by atoms with Crippen LogP contribution in [0.15, 0.2) is 0 Å². The Balaban J connectivity index is 1.67. The first-order valence-corrected chi connectivity index (χ1v) is 11.9. The van der Waals surface area contributed by atoms with Crippen molar-refractivity contribution < 1.29 is 23.8 Å². The van der Waals surface area contributed by atoms with Crippen LogP contribution in [0.3, 0.4) is 0 Å². The number of imide groups is 1. The maximum Gasteiger partial charge on any atom is 0.417 e. The molecule has 3 aliphatic heterocycles. The monoisotopic (exact) mass is 437 g/mol. The molecule has 31 heavy (non-hydrogen) atoms. The molecule has 4 aliphatic rings. The molecular formula is C23H39N3O5. The van der Waals surface area contributed by atoms with Crippen LogP contribution >= 0.6 is 0 Å². The molecule has 1 aliphatic carbocycles. The van der Waals surface area contributed by atoms with Gasteiger partial charge in [0, 0.05) is 38.3 Å². The summed E-state index contributed by atoms with van der Waals surface area (Å²) in [4.78, 5) is 33.3. The van der Waals surface area contributed by atoms with E-state index < -0.39 is 6.09 Å². The largest absolute Gasteiger partial charge is 0.447 e. The first-order chi connectivity index (χ1) is 14.8. The average molecular weight is 438 g/mol. The molecule has 0 aromatic heterocycles. The number of carbonyl (C=O) groups is 2. The van der Waals surface area contributed by atoms with Gasteiger partial charge in [0.05, 0.1) is 38.4 Å². The SMILES string of the molecule is CC1C[C@@H](N2CCOCC2)C(C(=O)N2C(=O)OC[C@@H]2C(C)(C)C)[C@@H](N2CCOCC2)C1. The summed E-state index contributed by atoms with van der Waals surface area (Å²) in [6.07, 6.45) is 1.46. The van der Waals surface area contributed by atoms with E-state index in [0.717, 1.165) is 39.0 Å². The zero-order chi connectivity index (χ0) is 22.2. The second-order valence-corrected chi connectivity index (χ2v) is 10.7. The topological polar surface area (TPSA) is 71.5 Å². The van der Waals surface area contributed by atoms with Crippen molar-refractivity contribution in [2.45, 2.75) is 58.7 Å². The molecule has 0 aromatic rings. The number of cyclic esters (lactones) is 1. The molecule has 3 saturated heterocycles. The van der Waals surface area contributed by atoms with Gasteiger partial charge >= 0.3 is 6.09 Å². The Morgan fingerprint density at radius 2 is 1.39 bits per heavy atom. The molecule has 5 atom stereocenters. The molecule has 176 valence electrons. The van der Waals surface area contributed by atoms with Gasteiger partial charge in [0.2, 0.25) is 5.91 Å². The quantitative estimate of drug-likeness (QED) is 0.667. The second kappa shape index (κ2) is 9.33. The van der Waals surface area contributed by atoms with E-state index >= 15 is 0 Å². The third kappa shape index (κ3) is 4.77. The lowest BCUT2D eigenvalue weighted by Crippen LogP contribution is -2.63. The van der Waals surface area contributed by atoms with Crippen LogP contribution in [-0.4, -0.2) is 104 Å². The second-order valence-electron chi connectivity index (χ2n) is 10.7. The van der Waals surface area contributed by atoms with Crippen molar-refractivity contribution in [1.29, 1.82) is 0 Å². The Hall–Kier alpha value is -1.22. The summed E-state index contributed by atoms with van der Waals surface area (Å²) < 4.78 is 16.6. The Bertz CT molecular complexity index is 626. The summed E-state index contributed by atoms with van der Waals surface area (Å²) in [6, 6.07) is -0.00782. The summed E-state index contributed by atoms with van der Waals surface area (Å²) in [6.45, 7) is 14.9. The van der Waals surface area contributed by atoms with Crippen molar-refractivity contribution in [1.82, 2.24) is 14.7 Å². The van der Waals surface area contributed by atoms with Gasteiger partial charge < -0.3 is 14.2 Å². The number of rotatable bonds is 3. The third-order valence-corrected chi connectivity index (χ3v) is 7.54. The lowest BCUT2D eigenvalue weighted by molar-refractivity contribution is -0.146. The van der Waals surface area contributed by atoms with E-state index in [2.05, 4.69) is 37.5 Å². The third-order valence-electron chi connectivity index (χ3n) is 7.54. The summed E-state index contributed by atoms with van der Waals surface area (Å²) in [5, 5.41) is 0. The first-order valence-electron chi connectivity index (χ1n) is 11.9. The highest BCUT2D eigenvalue weighted by Gasteiger charge is 2.52. The van der Waals surface area contributed by atoms with Gasteiger partial charge in [-0.05, 0) is 24.2 Å². The number of ether oxygens (including phenoxy) is 3. The summed E-state index contributed by atoms with van der Waals surface area (Å²) in [7, 11) is 0. The summed E-state index contributed by atoms with van der Waals surface area (Å²) in [5.41, 5.74) is -0.229. The summed E-state index contributed by atoms with van der Waals surface area (Å²) in [5.74, 6) is 0.221. The van der Waals surface area contributed by atoms with Crippen molar-refractivity contribution in [2.24, 2.45) is 17.3 Å². The molecule has 2 amide bonds. The van der Waals surface area contributed by atoms with Gasteiger partial charge in [-0.15, -0.1) is 0 Å². The smallest absolute Gasteiger partial charge is 0.417 e. The normalized spacial score (nSPS) is 36.5. The zero-order valence-corrected chi connectivity index (χ0v) is 19.5. The van der Waals surface area contributed by atoms with E-state index in [1.165, 1.54) is 4.90 Å². The minimum atomic E-state index is -0.481. The van der Waals surface area contributed by atoms with Crippen molar-refractivity contribution >= 4 is 12.0 Å². The average Bonchev–Trinajstić information content (AvgIpc) is 3.16. The molecule has 0 N–H and O–H groups in total. The standard InChI is InChI=1S/C23H39N3O5/c1-16-13-17(24-5-9-29-10-6-24)20(18(14-16)25-7-11-30-12-8-25)21(27)26-19(23(2,3)4)15-31-22(26)28/h16-20H,5-15H2,1-4H3/t16?,17-,18+,19-,20?/m1/s1. The zero-order valence-electron chi connectivity index (χ0n) is 19.5. The van der Waals surface area contributed by atoms with E-state index in [1.807, 2.05) is 0 Å². The van der Waals surface area contributed by atoms with Gasteiger partial charge in [-0.25, -0.2) is 9.69 Å². The van der Waals surface area contributed by atoms with Crippen molar-refractivity contribution in [3.8, 4) is 0 Å². The van der Waals surface area contributed by atoms with Gasteiger partial charge in [0.1, 0.15) is 6.61 Å². The highest BCUT2D eigenvalue weighted by Crippen LogP contribution is 2.39. The lowest BCUT2D eigenvalue weighted by Gasteiger charge is -2.51. The van der Waals surface area contributed by atoms with Crippen LogP contribution in [0.4, 0.5) is 4.79 Å². The molecule has 3 heterocycles. The molecule has 1 saturated carbocycles. The van der Waals surface area contributed by atoms with Crippen LogP contribution in [0.1, 0.15) is 40.5 Å². The predicted molar refractivity (Wildman–Crippen MR) is 116 cm³/mol. The van der Waals surface area contributed by atoms with Crippen LogP contribution in [0, 0.1) is 17.3 Å². The van der Waals surface area contributed by atoms with E-state index in [-0.39, 0.29) is 42.0 Å². The molecule has 8 heteroatoms. The fraction of sp³-hybridized carbons (Fsp3) is 0.913. The van der Waals surface area contributed by atoms with Crippen LogP contribution < -0.4 is 0 Å². The Morgan fingerprint density at radius 1 is 0.903 bits per heavy atom.